The molecule has 0 unspecified atom stereocenters. The van der Waals surface area contributed by atoms with E-state index in [2.05, 4.69) is 4.74 Å². The zero-order valence-corrected chi connectivity index (χ0v) is 9.41. The number of rotatable bonds is 3. The molecule has 0 aromatic heterocycles. The van der Waals surface area contributed by atoms with Crippen LogP contribution in [0.2, 0.25) is 0 Å². The molecule has 3 nitrogen and oxygen atoms in total. The number of hydrogen-bond acceptors (Lipinski definition) is 3. The van der Waals surface area contributed by atoms with Gasteiger partial charge in [-0.1, -0.05) is 19.1 Å². The second kappa shape index (κ2) is 4.82. The third-order valence-electron chi connectivity index (χ3n) is 2.65. The van der Waals surface area contributed by atoms with Crippen molar-refractivity contribution in [3.8, 4) is 0 Å². The van der Waals surface area contributed by atoms with E-state index in [0.717, 1.165) is 16.8 Å². The lowest BCUT2D eigenvalue weighted by Crippen LogP contribution is -2.07. The first-order valence-electron chi connectivity index (χ1n) is 4.98. The van der Waals surface area contributed by atoms with Crippen molar-refractivity contribution in [2.75, 3.05) is 12.8 Å². The Bertz CT molecular complexity index is 361. The molecule has 0 radical (unpaired) electrons. The van der Waals surface area contributed by atoms with Crippen LogP contribution in [0.5, 0.6) is 0 Å². The number of methoxy groups -OCH3 is 1. The molecule has 0 heterocycles. The molecule has 1 aromatic carbocycles. The normalized spacial score (nSPS) is 12.2. The smallest absolute Gasteiger partial charge is 0.306 e. The Hall–Kier alpha value is -1.51. The molecule has 82 valence electrons. The zero-order valence-electron chi connectivity index (χ0n) is 9.41. The fourth-order valence-corrected chi connectivity index (χ4v) is 1.65. The van der Waals surface area contributed by atoms with Gasteiger partial charge in [-0.05, 0) is 30.0 Å². The van der Waals surface area contributed by atoms with Crippen molar-refractivity contribution in [1.29, 1.82) is 0 Å². The second-order valence-electron chi connectivity index (χ2n) is 3.74. The summed E-state index contributed by atoms with van der Waals surface area (Å²) < 4.78 is 4.64. The van der Waals surface area contributed by atoms with Crippen LogP contribution >= 0.6 is 0 Å². The highest BCUT2D eigenvalue weighted by Gasteiger charge is 2.14. The maximum atomic E-state index is 11.1. The van der Waals surface area contributed by atoms with Crippen LogP contribution < -0.4 is 5.73 Å². The average Bonchev–Trinajstić information content (AvgIpc) is 2.21. The molecule has 0 saturated heterocycles. The first-order chi connectivity index (χ1) is 7.06. The molecule has 0 aliphatic heterocycles. The van der Waals surface area contributed by atoms with Crippen molar-refractivity contribution in [1.82, 2.24) is 0 Å². The number of esters is 1. The van der Waals surface area contributed by atoms with Crippen molar-refractivity contribution < 1.29 is 9.53 Å². The highest BCUT2D eigenvalue weighted by Crippen LogP contribution is 2.26. The van der Waals surface area contributed by atoms with Crippen LogP contribution in [0.25, 0.3) is 0 Å². The molecule has 0 fully saturated rings. The lowest BCUT2D eigenvalue weighted by Gasteiger charge is -2.14. The van der Waals surface area contributed by atoms with Crippen molar-refractivity contribution in [3.05, 3.63) is 29.3 Å². The van der Waals surface area contributed by atoms with E-state index in [4.69, 9.17) is 5.73 Å². The summed E-state index contributed by atoms with van der Waals surface area (Å²) >= 11 is 0. The summed E-state index contributed by atoms with van der Waals surface area (Å²) in [5, 5.41) is 0. The van der Waals surface area contributed by atoms with Gasteiger partial charge in [0.25, 0.3) is 0 Å². The molecule has 0 aliphatic carbocycles. The fourth-order valence-electron chi connectivity index (χ4n) is 1.65. The molecular weight excluding hydrogens is 190 g/mol. The van der Waals surface area contributed by atoms with E-state index in [1.165, 1.54) is 7.11 Å². The van der Waals surface area contributed by atoms with Gasteiger partial charge in [0.15, 0.2) is 0 Å². The van der Waals surface area contributed by atoms with Gasteiger partial charge < -0.3 is 10.5 Å². The lowest BCUT2D eigenvalue weighted by molar-refractivity contribution is -0.140. The van der Waals surface area contributed by atoms with Crippen molar-refractivity contribution >= 4 is 11.7 Å². The standard InChI is InChI=1S/C12H17NO2/c1-8(7-12(14)15-3)10-5-4-6-11(13)9(10)2/h4-6,8H,7,13H2,1-3H3/t8-/m1/s1. The van der Waals surface area contributed by atoms with Gasteiger partial charge in [-0.3, -0.25) is 4.79 Å². The van der Waals surface area contributed by atoms with Gasteiger partial charge in [0.1, 0.15) is 0 Å². The minimum Gasteiger partial charge on any atom is -0.469 e. The first kappa shape index (κ1) is 11.6. The van der Waals surface area contributed by atoms with Crippen molar-refractivity contribution in [3.63, 3.8) is 0 Å². The van der Waals surface area contributed by atoms with Crippen molar-refractivity contribution in [2.45, 2.75) is 26.2 Å². The summed E-state index contributed by atoms with van der Waals surface area (Å²) in [6, 6.07) is 5.77. The summed E-state index contributed by atoms with van der Waals surface area (Å²) in [5.74, 6) is -0.0507. The van der Waals surface area contributed by atoms with Crippen LogP contribution in [-0.2, 0) is 9.53 Å². The Morgan fingerprint density at radius 3 is 2.80 bits per heavy atom. The predicted octanol–water partition coefficient (Wildman–Crippen LogP) is 2.24. The Labute approximate surface area is 90.2 Å². The molecule has 0 saturated carbocycles. The van der Waals surface area contributed by atoms with Crippen LogP contribution in [0.15, 0.2) is 18.2 Å². The Kier molecular flexibility index (Phi) is 3.72. The molecule has 1 atom stereocenters. The SMILES string of the molecule is COC(=O)C[C@@H](C)c1cccc(N)c1C. The molecule has 1 rings (SSSR count). The van der Waals surface area contributed by atoms with E-state index in [-0.39, 0.29) is 11.9 Å². The van der Waals surface area contributed by atoms with Crippen LogP contribution in [0.1, 0.15) is 30.4 Å². The summed E-state index contributed by atoms with van der Waals surface area (Å²) in [5.41, 5.74) is 8.73. The molecule has 0 spiro atoms. The van der Waals surface area contributed by atoms with E-state index in [1.54, 1.807) is 0 Å². The monoisotopic (exact) mass is 207 g/mol. The van der Waals surface area contributed by atoms with Crippen LogP contribution in [0.4, 0.5) is 5.69 Å². The second-order valence-corrected chi connectivity index (χ2v) is 3.74. The van der Waals surface area contributed by atoms with Crippen LogP contribution in [0.3, 0.4) is 0 Å². The topological polar surface area (TPSA) is 52.3 Å². The molecular formula is C12H17NO2. The number of anilines is 1. The molecule has 1 aromatic rings. The van der Waals surface area contributed by atoms with E-state index < -0.39 is 0 Å². The lowest BCUT2D eigenvalue weighted by atomic mass is 9.93. The zero-order chi connectivity index (χ0) is 11.4. The van der Waals surface area contributed by atoms with E-state index >= 15 is 0 Å². The number of ether oxygens (including phenoxy) is 1. The summed E-state index contributed by atoms with van der Waals surface area (Å²) in [6.45, 7) is 3.97. The molecule has 0 amide bonds. The maximum absolute atomic E-state index is 11.1. The van der Waals surface area contributed by atoms with Gasteiger partial charge in [0.2, 0.25) is 0 Å². The fraction of sp³-hybridized carbons (Fsp3) is 0.417. The highest BCUT2D eigenvalue weighted by atomic mass is 16.5. The van der Waals surface area contributed by atoms with Gasteiger partial charge in [-0.15, -0.1) is 0 Å². The molecule has 2 N–H and O–H groups in total. The quantitative estimate of drug-likeness (QED) is 0.611. The summed E-state index contributed by atoms with van der Waals surface area (Å²) in [4.78, 5) is 11.1. The third kappa shape index (κ3) is 2.72. The predicted molar refractivity (Wildman–Crippen MR) is 60.6 cm³/mol. The van der Waals surface area contributed by atoms with Gasteiger partial charge in [-0.2, -0.15) is 0 Å². The van der Waals surface area contributed by atoms with Gasteiger partial charge in [-0.25, -0.2) is 0 Å². The number of nitrogens with two attached hydrogens (primary N) is 1. The first-order valence-corrected chi connectivity index (χ1v) is 4.98. The minimum absolute atomic E-state index is 0.140. The van der Waals surface area contributed by atoms with Crippen molar-refractivity contribution in [2.24, 2.45) is 0 Å². The highest BCUT2D eigenvalue weighted by molar-refractivity contribution is 5.70. The number of nitrogen functional groups attached to an aromatic ring is 1. The van der Waals surface area contributed by atoms with Gasteiger partial charge >= 0.3 is 5.97 Å². The third-order valence-corrected chi connectivity index (χ3v) is 2.65. The Morgan fingerprint density at radius 2 is 2.20 bits per heavy atom. The van der Waals surface area contributed by atoms with Gasteiger partial charge in [0.05, 0.1) is 13.5 Å². The average molecular weight is 207 g/mol. The summed E-state index contributed by atoms with van der Waals surface area (Å²) in [6.07, 6.45) is 0.390. The minimum atomic E-state index is -0.190. The van der Waals surface area contributed by atoms with E-state index in [1.807, 2.05) is 32.0 Å². The van der Waals surface area contributed by atoms with Crippen LogP contribution in [-0.4, -0.2) is 13.1 Å². The number of carbonyl (C=O) groups excluding carboxylic acids is 1. The molecule has 0 aliphatic rings. The molecule has 3 heteroatoms. The Morgan fingerprint density at radius 1 is 1.53 bits per heavy atom. The Balaban J connectivity index is 2.86. The van der Waals surface area contributed by atoms with Gasteiger partial charge in [0, 0.05) is 5.69 Å². The van der Waals surface area contributed by atoms with E-state index in [9.17, 15) is 4.79 Å². The number of carbonyl (C=O) groups is 1. The number of hydrogen-bond donors (Lipinski definition) is 1. The largest absolute Gasteiger partial charge is 0.469 e. The molecule has 15 heavy (non-hydrogen) atoms. The van der Waals surface area contributed by atoms with E-state index in [0.29, 0.717) is 6.42 Å². The summed E-state index contributed by atoms with van der Waals surface area (Å²) in [7, 11) is 1.40. The number of benzene rings is 1. The van der Waals surface area contributed by atoms with Crippen LogP contribution in [0, 0.1) is 6.92 Å². The maximum Gasteiger partial charge on any atom is 0.306 e. The molecule has 0 bridgehead atoms.